The minimum atomic E-state index is -0.391. The summed E-state index contributed by atoms with van der Waals surface area (Å²) < 4.78 is 9.08. The lowest BCUT2D eigenvalue weighted by Gasteiger charge is -2.11. The number of aromatic nitrogens is 3. The predicted molar refractivity (Wildman–Crippen MR) is 82.5 cm³/mol. The summed E-state index contributed by atoms with van der Waals surface area (Å²) in [5.74, 6) is -0.00151. The molecule has 0 fully saturated rings. The first kappa shape index (κ1) is 15.9. The van der Waals surface area contributed by atoms with E-state index in [2.05, 4.69) is 27.0 Å². The summed E-state index contributed by atoms with van der Waals surface area (Å²) in [4.78, 5) is 12.0. The van der Waals surface area contributed by atoms with Crippen molar-refractivity contribution in [1.29, 1.82) is 0 Å². The number of rotatable bonds is 6. The van der Waals surface area contributed by atoms with Crippen LogP contribution in [0.15, 0.2) is 12.1 Å². The number of carbonyl (C=O) groups excluding carboxylic acids is 1. The highest BCUT2D eigenvalue weighted by atomic mass is 35.5. The number of unbranched alkanes of at least 4 members (excludes halogenated alkanes) is 1. The molecule has 0 bridgehead atoms. The fourth-order valence-electron chi connectivity index (χ4n) is 1.50. The van der Waals surface area contributed by atoms with Gasteiger partial charge in [0.25, 0.3) is 5.91 Å². The van der Waals surface area contributed by atoms with Gasteiger partial charge in [-0.1, -0.05) is 46.1 Å². The van der Waals surface area contributed by atoms with Crippen molar-refractivity contribution in [3.63, 3.8) is 0 Å². The first-order valence-corrected chi connectivity index (χ1v) is 7.73. The molecule has 9 heteroatoms. The lowest BCUT2D eigenvalue weighted by molar-refractivity contribution is 0.102. The molecule has 0 aliphatic carbocycles. The molecule has 0 saturated heterocycles. The second kappa shape index (κ2) is 7.53. The van der Waals surface area contributed by atoms with Gasteiger partial charge in [0.15, 0.2) is 5.75 Å². The number of nitrogens with zero attached hydrogens (tertiary/aromatic N) is 3. The molecule has 1 amide bonds. The van der Waals surface area contributed by atoms with Crippen LogP contribution in [0.25, 0.3) is 0 Å². The Hall–Kier alpha value is -1.44. The molecule has 0 unspecified atom stereocenters. The van der Waals surface area contributed by atoms with Crippen LogP contribution in [0.3, 0.4) is 0 Å². The van der Waals surface area contributed by atoms with Gasteiger partial charge in [0.1, 0.15) is 0 Å². The van der Waals surface area contributed by atoms with E-state index < -0.39 is 5.91 Å². The third-order valence-corrected chi connectivity index (χ3v) is 3.60. The van der Waals surface area contributed by atoms with Gasteiger partial charge >= 0.3 is 0 Å². The van der Waals surface area contributed by atoms with Gasteiger partial charge in [0.2, 0.25) is 5.13 Å². The molecule has 0 spiro atoms. The van der Waals surface area contributed by atoms with Crippen molar-refractivity contribution in [2.75, 3.05) is 11.9 Å². The molecule has 0 atom stereocenters. The van der Waals surface area contributed by atoms with E-state index in [1.54, 1.807) is 0 Å². The van der Waals surface area contributed by atoms with Crippen LogP contribution in [0, 0.1) is 0 Å². The number of nitrogens with one attached hydrogen (secondary N) is 1. The van der Waals surface area contributed by atoms with Gasteiger partial charge in [0, 0.05) is 17.1 Å². The molecule has 0 saturated carbocycles. The van der Waals surface area contributed by atoms with Gasteiger partial charge < -0.3 is 4.74 Å². The van der Waals surface area contributed by atoms with E-state index in [1.165, 1.54) is 12.1 Å². The molecule has 1 N–H and O–H groups in total. The zero-order valence-corrected chi connectivity index (χ0v) is 13.4. The molecule has 112 valence electrons. The monoisotopic (exact) mass is 346 g/mol. The van der Waals surface area contributed by atoms with Crippen LogP contribution >= 0.6 is 34.7 Å². The van der Waals surface area contributed by atoms with Crippen LogP contribution < -0.4 is 10.1 Å². The van der Waals surface area contributed by atoms with Crippen LogP contribution in [0.5, 0.6) is 5.75 Å². The maximum atomic E-state index is 12.0. The number of hydrogen-bond donors (Lipinski definition) is 1. The summed E-state index contributed by atoms with van der Waals surface area (Å²) >= 11 is 13.2. The number of halogens is 2. The first-order chi connectivity index (χ1) is 10.1. The van der Waals surface area contributed by atoms with Gasteiger partial charge in [0.05, 0.1) is 16.7 Å². The Morgan fingerprint density at radius 1 is 1.38 bits per heavy atom. The number of carbonyl (C=O) groups is 1. The fraction of sp³-hybridized carbons (Fsp3) is 0.333. The van der Waals surface area contributed by atoms with Crippen molar-refractivity contribution in [3.8, 4) is 5.75 Å². The Morgan fingerprint density at radius 3 is 2.67 bits per heavy atom. The smallest absolute Gasteiger partial charge is 0.257 e. The summed E-state index contributed by atoms with van der Waals surface area (Å²) in [7, 11) is 0. The highest BCUT2D eigenvalue weighted by Crippen LogP contribution is 2.34. The minimum absolute atomic E-state index is 0.291. The van der Waals surface area contributed by atoms with Gasteiger partial charge in [-0.15, -0.1) is 0 Å². The largest absolute Gasteiger partial charge is 0.490 e. The number of benzene rings is 1. The SMILES string of the molecule is CCCCOc1c(Cl)cc(C(=O)Nc2nnns2)cc1Cl. The number of anilines is 1. The van der Waals surface area contributed by atoms with Crippen molar-refractivity contribution in [2.24, 2.45) is 0 Å². The van der Waals surface area contributed by atoms with E-state index in [0.29, 0.717) is 33.1 Å². The molecular formula is C12H12Cl2N4O2S. The zero-order chi connectivity index (χ0) is 15.2. The summed E-state index contributed by atoms with van der Waals surface area (Å²) in [6.07, 6.45) is 1.91. The molecule has 1 aromatic heterocycles. The third-order valence-electron chi connectivity index (χ3n) is 2.52. The lowest BCUT2D eigenvalue weighted by Crippen LogP contribution is -2.12. The molecule has 1 heterocycles. The van der Waals surface area contributed by atoms with E-state index in [-0.39, 0.29) is 0 Å². The fourth-order valence-corrected chi connectivity index (χ4v) is 2.46. The van der Waals surface area contributed by atoms with E-state index in [1.807, 2.05) is 0 Å². The Balaban J connectivity index is 2.13. The first-order valence-electron chi connectivity index (χ1n) is 6.20. The second-order valence-electron chi connectivity index (χ2n) is 4.09. The normalized spacial score (nSPS) is 10.4. The zero-order valence-electron chi connectivity index (χ0n) is 11.1. The number of ether oxygens (including phenoxy) is 1. The molecule has 21 heavy (non-hydrogen) atoms. The molecule has 2 aromatic rings. The molecule has 6 nitrogen and oxygen atoms in total. The van der Waals surface area contributed by atoms with Crippen LogP contribution in [0.2, 0.25) is 10.0 Å². The van der Waals surface area contributed by atoms with Gasteiger partial charge in [-0.25, -0.2) is 0 Å². The van der Waals surface area contributed by atoms with E-state index in [4.69, 9.17) is 27.9 Å². The number of amides is 1. The summed E-state index contributed by atoms with van der Waals surface area (Å²) in [5.41, 5.74) is 0.308. The quantitative estimate of drug-likeness (QED) is 0.807. The van der Waals surface area contributed by atoms with Crippen molar-refractivity contribution in [2.45, 2.75) is 19.8 Å². The van der Waals surface area contributed by atoms with E-state index >= 15 is 0 Å². The van der Waals surface area contributed by atoms with Gasteiger partial charge in [-0.2, -0.15) is 0 Å². The third kappa shape index (κ3) is 4.26. The Bertz CT molecular complexity index is 599. The second-order valence-corrected chi connectivity index (χ2v) is 5.64. The molecule has 2 rings (SSSR count). The lowest BCUT2D eigenvalue weighted by atomic mass is 10.2. The Morgan fingerprint density at radius 2 is 2.10 bits per heavy atom. The highest BCUT2D eigenvalue weighted by molar-refractivity contribution is 7.09. The average molecular weight is 347 g/mol. The standard InChI is InChI=1S/C12H12Cl2N4O2S/c1-2-3-4-20-10-8(13)5-7(6-9(10)14)11(19)15-12-16-17-18-21-12/h5-6H,2-4H2,1H3,(H,15,16,18,19). The van der Waals surface area contributed by atoms with E-state index in [0.717, 1.165) is 24.4 Å². The van der Waals surface area contributed by atoms with Crippen LogP contribution in [-0.4, -0.2) is 27.3 Å². The maximum absolute atomic E-state index is 12.0. The average Bonchev–Trinajstić information content (AvgIpc) is 2.94. The maximum Gasteiger partial charge on any atom is 0.257 e. The molecule has 0 aliphatic heterocycles. The van der Waals surface area contributed by atoms with Crippen molar-refractivity contribution in [3.05, 3.63) is 27.7 Å². The summed E-state index contributed by atoms with van der Waals surface area (Å²) in [5, 5.41) is 10.5. The van der Waals surface area contributed by atoms with Crippen LogP contribution in [-0.2, 0) is 0 Å². The number of hydrogen-bond acceptors (Lipinski definition) is 6. The molecular weight excluding hydrogens is 335 g/mol. The topological polar surface area (TPSA) is 77.0 Å². The summed E-state index contributed by atoms with van der Waals surface area (Å²) in [6.45, 7) is 2.58. The molecule has 0 radical (unpaired) electrons. The van der Waals surface area contributed by atoms with Crippen LogP contribution in [0.1, 0.15) is 30.1 Å². The van der Waals surface area contributed by atoms with Crippen molar-refractivity contribution in [1.82, 2.24) is 14.8 Å². The Labute approximate surface area is 135 Å². The predicted octanol–water partition coefficient (Wildman–Crippen LogP) is 3.67. The van der Waals surface area contributed by atoms with Crippen molar-refractivity contribution < 1.29 is 9.53 Å². The minimum Gasteiger partial charge on any atom is -0.490 e. The van der Waals surface area contributed by atoms with Gasteiger partial charge in [-0.05, 0) is 23.8 Å². The molecule has 1 aromatic carbocycles. The molecule has 0 aliphatic rings. The van der Waals surface area contributed by atoms with Gasteiger partial charge in [-0.3, -0.25) is 10.1 Å². The van der Waals surface area contributed by atoms with Crippen LogP contribution in [0.4, 0.5) is 5.13 Å². The summed E-state index contributed by atoms with van der Waals surface area (Å²) in [6, 6.07) is 3.00. The van der Waals surface area contributed by atoms with Crippen molar-refractivity contribution >= 4 is 45.8 Å². The Kier molecular flexibility index (Phi) is 5.72. The highest BCUT2D eigenvalue weighted by Gasteiger charge is 2.15. The van der Waals surface area contributed by atoms with E-state index in [9.17, 15) is 4.79 Å².